The number of hydrogen-bond donors (Lipinski definition) is 2. The van der Waals surface area contributed by atoms with E-state index in [1.165, 1.54) is 6.07 Å². The Balaban J connectivity index is 1.99. The molecule has 2 N–H and O–H groups in total. The number of carbonyl (C=O) groups excluding carboxylic acids is 1. The molecule has 5 nitrogen and oxygen atoms in total. The molecular formula is C23H32O5. The van der Waals surface area contributed by atoms with E-state index in [0.29, 0.717) is 11.3 Å². The number of phenolic OH excluding ortho intramolecular Hbond substituents is 2. The summed E-state index contributed by atoms with van der Waals surface area (Å²) in [5.41, 5.74) is 0.441. The van der Waals surface area contributed by atoms with E-state index in [2.05, 4.69) is 27.7 Å². The Labute approximate surface area is 167 Å². The standard InChI is InChI=1S/C23H32O5/c1-12(2)19(26)17-15(25)11-14(24)16-18-13-7-8-22(5,6)28-23(13,27-20(16)17)10-9-21(18,3)4/h11-13,18,24-25H,7-10H2,1-6H3. The summed E-state index contributed by atoms with van der Waals surface area (Å²) >= 11 is 0. The zero-order valence-electron chi connectivity index (χ0n) is 17.8. The molecule has 3 aliphatic rings. The molecule has 2 aliphatic heterocycles. The molecule has 0 aromatic heterocycles. The van der Waals surface area contributed by atoms with Crippen molar-refractivity contribution in [2.24, 2.45) is 17.3 Å². The van der Waals surface area contributed by atoms with Crippen LogP contribution >= 0.6 is 0 Å². The Kier molecular flexibility index (Phi) is 4.11. The molecule has 0 amide bonds. The fourth-order valence-electron chi connectivity index (χ4n) is 5.66. The number of ketones is 1. The Hall–Kier alpha value is -1.75. The summed E-state index contributed by atoms with van der Waals surface area (Å²) in [5.74, 6) is -1.09. The van der Waals surface area contributed by atoms with Crippen molar-refractivity contribution in [3.8, 4) is 17.2 Å². The first-order valence-corrected chi connectivity index (χ1v) is 10.4. The third-order valence-electron chi connectivity index (χ3n) is 7.07. The first-order valence-electron chi connectivity index (χ1n) is 10.4. The Bertz CT molecular complexity index is 838. The maximum Gasteiger partial charge on any atom is 0.214 e. The van der Waals surface area contributed by atoms with Crippen molar-refractivity contribution in [1.82, 2.24) is 0 Å². The van der Waals surface area contributed by atoms with Gasteiger partial charge in [-0.3, -0.25) is 4.79 Å². The van der Waals surface area contributed by atoms with Crippen molar-refractivity contribution >= 4 is 5.78 Å². The number of benzene rings is 1. The average molecular weight is 389 g/mol. The first-order chi connectivity index (χ1) is 12.9. The molecule has 1 saturated carbocycles. The molecule has 4 rings (SSSR count). The van der Waals surface area contributed by atoms with E-state index in [0.717, 1.165) is 25.7 Å². The number of phenols is 2. The predicted octanol–water partition coefficient (Wildman–Crippen LogP) is 5.13. The van der Waals surface area contributed by atoms with Gasteiger partial charge in [0.25, 0.3) is 0 Å². The molecule has 3 atom stereocenters. The third kappa shape index (κ3) is 2.66. The van der Waals surface area contributed by atoms with Crippen LogP contribution in [0.15, 0.2) is 6.07 Å². The minimum atomic E-state index is -0.818. The lowest BCUT2D eigenvalue weighted by Crippen LogP contribution is -2.63. The van der Waals surface area contributed by atoms with E-state index >= 15 is 0 Å². The van der Waals surface area contributed by atoms with Crippen LogP contribution in [0, 0.1) is 17.3 Å². The van der Waals surface area contributed by atoms with Crippen LogP contribution in [0.25, 0.3) is 0 Å². The number of fused-ring (bicyclic) bond motifs is 2. The zero-order chi connectivity index (χ0) is 20.6. The van der Waals surface area contributed by atoms with Gasteiger partial charge in [-0.15, -0.1) is 0 Å². The van der Waals surface area contributed by atoms with E-state index in [1.54, 1.807) is 13.8 Å². The number of aromatic hydroxyl groups is 2. The molecule has 0 radical (unpaired) electrons. The molecule has 1 aromatic rings. The zero-order valence-corrected chi connectivity index (χ0v) is 17.8. The van der Waals surface area contributed by atoms with Gasteiger partial charge < -0.3 is 19.7 Å². The van der Waals surface area contributed by atoms with E-state index < -0.39 is 5.79 Å². The van der Waals surface area contributed by atoms with Gasteiger partial charge in [-0.1, -0.05) is 27.7 Å². The molecular weight excluding hydrogens is 356 g/mol. The fourth-order valence-corrected chi connectivity index (χ4v) is 5.66. The van der Waals surface area contributed by atoms with Crippen molar-refractivity contribution in [3.05, 3.63) is 17.2 Å². The topological polar surface area (TPSA) is 76.0 Å². The van der Waals surface area contributed by atoms with Crippen LogP contribution in [0.4, 0.5) is 0 Å². The van der Waals surface area contributed by atoms with Crippen molar-refractivity contribution in [2.45, 2.75) is 84.5 Å². The van der Waals surface area contributed by atoms with Crippen LogP contribution in [-0.2, 0) is 4.74 Å². The van der Waals surface area contributed by atoms with Gasteiger partial charge in [0.15, 0.2) is 5.78 Å². The fraction of sp³-hybridized carbons (Fsp3) is 0.696. The number of Topliss-reactive ketones (excluding diaryl/α,β-unsaturated/α-hetero) is 1. The highest BCUT2D eigenvalue weighted by molar-refractivity contribution is 6.03. The molecule has 2 heterocycles. The summed E-state index contributed by atoms with van der Waals surface area (Å²) in [6.45, 7) is 12.2. The molecule has 154 valence electrons. The highest BCUT2D eigenvalue weighted by Crippen LogP contribution is 2.66. The highest BCUT2D eigenvalue weighted by Gasteiger charge is 2.63. The van der Waals surface area contributed by atoms with Crippen molar-refractivity contribution in [1.29, 1.82) is 0 Å². The minimum absolute atomic E-state index is 0.000382. The smallest absolute Gasteiger partial charge is 0.214 e. The molecule has 1 aromatic carbocycles. The number of hydrogen-bond acceptors (Lipinski definition) is 5. The van der Waals surface area contributed by atoms with E-state index in [4.69, 9.17) is 9.47 Å². The summed E-state index contributed by atoms with van der Waals surface area (Å²) in [4.78, 5) is 13.0. The lowest BCUT2D eigenvalue weighted by atomic mass is 9.55. The van der Waals surface area contributed by atoms with Gasteiger partial charge in [0.05, 0.1) is 5.60 Å². The Morgan fingerprint density at radius 1 is 1.11 bits per heavy atom. The molecule has 0 spiro atoms. The van der Waals surface area contributed by atoms with E-state index in [1.807, 2.05) is 0 Å². The van der Waals surface area contributed by atoms with Gasteiger partial charge in [0.1, 0.15) is 22.8 Å². The maximum absolute atomic E-state index is 13.0. The SMILES string of the molecule is CC(C)C(=O)c1c(O)cc(O)c2c1OC13CCC(C)(C)C2C1CCC(C)(C)O3. The maximum atomic E-state index is 13.0. The van der Waals surface area contributed by atoms with Crippen molar-refractivity contribution < 1.29 is 24.5 Å². The first kappa shape index (κ1) is 19.6. The van der Waals surface area contributed by atoms with Crippen LogP contribution < -0.4 is 4.74 Å². The molecule has 2 fully saturated rings. The summed E-state index contributed by atoms with van der Waals surface area (Å²) in [5, 5.41) is 21.4. The van der Waals surface area contributed by atoms with Crippen LogP contribution in [0.3, 0.4) is 0 Å². The van der Waals surface area contributed by atoms with Crippen LogP contribution in [0.2, 0.25) is 0 Å². The van der Waals surface area contributed by atoms with Gasteiger partial charge >= 0.3 is 0 Å². The normalized spacial score (nSPS) is 32.2. The second-order valence-electron chi connectivity index (χ2n) is 10.4. The quantitative estimate of drug-likeness (QED) is 0.687. The lowest BCUT2D eigenvalue weighted by molar-refractivity contribution is -0.325. The third-order valence-corrected chi connectivity index (χ3v) is 7.07. The van der Waals surface area contributed by atoms with Crippen molar-refractivity contribution in [3.63, 3.8) is 0 Å². The number of carbonyl (C=O) groups is 1. The Morgan fingerprint density at radius 2 is 1.79 bits per heavy atom. The van der Waals surface area contributed by atoms with Crippen molar-refractivity contribution in [2.75, 3.05) is 0 Å². The van der Waals surface area contributed by atoms with Crippen LogP contribution in [0.5, 0.6) is 17.2 Å². The van der Waals surface area contributed by atoms with Gasteiger partial charge in [0, 0.05) is 35.8 Å². The second kappa shape index (κ2) is 5.88. The molecule has 1 aliphatic carbocycles. The minimum Gasteiger partial charge on any atom is -0.507 e. The van der Waals surface area contributed by atoms with Gasteiger partial charge in [0.2, 0.25) is 5.79 Å². The second-order valence-corrected chi connectivity index (χ2v) is 10.4. The summed E-state index contributed by atoms with van der Waals surface area (Å²) in [7, 11) is 0. The summed E-state index contributed by atoms with van der Waals surface area (Å²) in [6.07, 6.45) is 3.49. The molecule has 1 saturated heterocycles. The molecule has 3 unspecified atom stereocenters. The largest absolute Gasteiger partial charge is 0.507 e. The molecule has 2 bridgehead atoms. The Morgan fingerprint density at radius 3 is 2.43 bits per heavy atom. The highest BCUT2D eigenvalue weighted by atomic mass is 16.7. The van der Waals surface area contributed by atoms with Gasteiger partial charge in [-0.2, -0.15) is 0 Å². The predicted molar refractivity (Wildman–Crippen MR) is 106 cm³/mol. The van der Waals surface area contributed by atoms with Gasteiger partial charge in [-0.05, 0) is 38.5 Å². The summed E-state index contributed by atoms with van der Waals surface area (Å²) in [6, 6.07) is 1.31. The van der Waals surface area contributed by atoms with E-state index in [-0.39, 0.29) is 51.6 Å². The van der Waals surface area contributed by atoms with E-state index in [9.17, 15) is 15.0 Å². The average Bonchev–Trinajstić information content (AvgIpc) is 2.56. The number of rotatable bonds is 2. The van der Waals surface area contributed by atoms with Crippen LogP contribution in [-0.4, -0.2) is 27.4 Å². The molecule has 28 heavy (non-hydrogen) atoms. The molecule has 5 heteroatoms. The van der Waals surface area contributed by atoms with Gasteiger partial charge in [-0.25, -0.2) is 0 Å². The lowest BCUT2D eigenvalue weighted by Gasteiger charge is -2.61. The van der Waals surface area contributed by atoms with Crippen LogP contribution in [0.1, 0.15) is 89.1 Å². The summed E-state index contributed by atoms with van der Waals surface area (Å²) < 4.78 is 13.1. The number of ether oxygens (including phenoxy) is 2. The monoisotopic (exact) mass is 388 g/mol.